The van der Waals surface area contributed by atoms with Crippen molar-refractivity contribution in [1.29, 1.82) is 0 Å². The molecule has 1 aliphatic rings. The van der Waals surface area contributed by atoms with Crippen molar-refractivity contribution in [3.8, 4) is 0 Å². The number of carbonyl (C=O) groups is 1. The van der Waals surface area contributed by atoms with Gasteiger partial charge in [-0.2, -0.15) is 0 Å². The Hall–Kier alpha value is 0.150. The van der Waals surface area contributed by atoms with Crippen LogP contribution in [-0.4, -0.2) is 11.1 Å². The highest BCUT2D eigenvalue weighted by atomic mass is 79.9. The number of rotatable bonds is 2. The van der Waals surface area contributed by atoms with Gasteiger partial charge in [0.05, 0.1) is 5.33 Å². The van der Waals surface area contributed by atoms with Gasteiger partial charge in [-0.25, -0.2) is 0 Å². The predicted molar refractivity (Wildman–Crippen MR) is 82.2 cm³/mol. The van der Waals surface area contributed by atoms with Crippen molar-refractivity contribution in [3.63, 3.8) is 0 Å². The lowest BCUT2D eigenvalue weighted by Gasteiger charge is -2.27. The molecule has 18 heavy (non-hydrogen) atoms. The Balaban J connectivity index is 2.62. The highest BCUT2D eigenvalue weighted by Gasteiger charge is 2.31. The number of carbonyl (C=O) groups excluding carboxylic acids is 1. The zero-order chi connectivity index (χ0) is 13.6. The van der Waals surface area contributed by atoms with E-state index in [1.807, 2.05) is 0 Å². The van der Waals surface area contributed by atoms with E-state index in [9.17, 15) is 4.79 Å². The van der Waals surface area contributed by atoms with E-state index in [4.69, 9.17) is 0 Å². The second-order valence-corrected chi connectivity index (χ2v) is 7.61. The van der Waals surface area contributed by atoms with E-state index in [1.165, 1.54) is 44.9 Å². The molecule has 0 saturated heterocycles. The summed E-state index contributed by atoms with van der Waals surface area (Å²) in [5, 5.41) is 0.523. The van der Waals surface area contributed by atoms with Crippen LogP contribution in [-0.2, 0) is 4.79 Å². The maximum atomic E-state index is 12.1. The molecule has 106 valence electrons. The summed E-state index contributed by atoms with van der Waals surface area (Å²) in [4.78, 5) is 12.1. The molecule has 0 aromatic carbocycles. The van der Waals surface area contributed by atoms with Crippen molar-refractivity contribution in [2.75, 3.05) is 5.33 Å². The Kier molecular flexibility index (Phi) is 6.37. The van der Waals surface area contributed by atoms with Gasteiger partial charge in [0.25, 0.3) is 0 Å². The van der Waals surface area contributed by atoms with E-state index in [-0.39, 0.29) is 5.41 Å². The summed E-state index contributed by atoms with van der Waals surface area (Å²) in [7, 11) is 0. The van der Waals surface area contributed by atoms with Gasteiger partial charge in [-0.1, -0.05) is 68.8 Å². The molecular formula is C16H29BrO. The first-order valence-electron chi connectivity index (χ1n) is 7.49. The van der Waals surface area contributed by atoms with Crippen molar-refractivity contribution in [1.82, 2.24) is 0 Å². The molecule has 0 unspecified atom stereocenters. The van der Waals surface area contributed by atoms with Gasteiger partial charge in [-0.15, -0.1) is 0 Å². The topological polar surface area (TPSA) is 17.1 Å². The fourth-order valence-corrected chi connectivity index (χ4v) is 3.78. The number of hydrogen-bond donors (Lipinski definition) is 0. The first kappa shape index (κ1) is 16.2. The minimum absolute atomic E-state index is 0.0714. The van der Waals surface area contributed by atoms with Crippen molar-refractivity contribution < 1.29 is 4.79 Å². The summed E-state index contributed by atoms with van der Waals surface area (Å²) in [5.74, 6) is 0.404. The Morgan fingerprint density at radius 3 is 1.89 bits per heavy atom. The molecule has 0 radical (unpaired) electrons. The molecule has 2 heteroatoms. The molecule has 0 aromatic rings. The Labute approximate surface area is 121 Å². The number of halogens is 1. The molecule has 0 aliphatic heterocycles. The number of ketones is 1. The fraction of sp³-hybridized carbons (Fsp3) is 0.938. The summed E-state index contributed by atoms with van der Waals surface area (Å²) in [6.45, 7) is 6.97. The van der Waals surface area contributed by atoms with E-state index >= 15 is 0 Å². The SMILES string of the molecule is CC1(C)CCCCC[C@@](C)(C(=O)CBr)CCCC1. The van der Waals surface area contributed by atoms with Crippen LogP contribution >= 0.6 is 15.9 Å². The monoisotopic (exact) mass is 316 g/mol. The molecule has 0 aromatic heterocycles. The molecule has 0 bridgehead atoms. The maximum Gasteiger partial charge on any atom is 0.149 e. The van der Waals surface area contributed by atoms with Crippen LogP contribution in [0, 0.1) is 10.8 Å². The molecule has 1 aliphatic carbocycles. The third-order valence-corrected chi connectivity index (χ3v) is 5.22. The van der Waals surface area contributed by atoms with Crippen LogP contribution in [0.5, 0.6) is 0 Å². The van der Waals surface area contributed by atoms with Crippen LogP contribution in [0.15, 0.2) is 0 Å². The van der Waals surface area contributed by atoms with Gasteiger partial charge in [0.15, 0.2) is 0 Å². The third-order valence-electron chi connectivity index (χ3n) is 4.71. The minimum atomic E-state index is -0.0714. The summed E-state index contributed by atoms with van der Waals surface area (Å²) in [6, 6.07) is 0. The van der Waals surface area contributed by atoms with Gasteiger partial charge in [-0.3, -0.25) is 4.79 Å². The molecule has 1 fully saturated rings. The number of alkyl halides is 1. The van der Waals surface area contributed by atoms with Gasteiger partial charge < -0.3 is 0 Å². The predicted octanol–water partition coefficient (Wildman–Crippen LogP) is 5.51. The van der Waals surface area contributed by atoms with Crippen LogP contribution in [0.1, 0.15) is 78.6 Å². The maximum absolute atomic E-state index is 12.1. The zero-order valence-electron chi connectivity index (χ0n) is 12.4. The second kappa shape index (κ2) is 7.07. The van der Waals surface area contributed by atoms with E-state index in [0.29, 0.717) is 16.5 Å². The number of Topliss-reactive ketones (excluding diaryl/α,β-unsaturated/α-hetero) is 1. The molecule has 1 atom stereocenters. The fourth-order valence-electron chi connectivity index (χ4n) is 3.10. The molecule has 0 spiro atoms. The van der Waals surface area contributed by atoms with Crippen LogP contribution in [0.25, 0.3) is 0 Å². The standard InChI is InChI=1S/C16H29BrO/c1-15(2)9-5-4-6-11-16(3,14(18)13-17)12-8-7-10-15/h4-13H2,1-3H3/t16-/m1/s1. The van der Waals surface area contributed by atoms with Crippen molar-refractivity contribution in [3.05, 3.63) is 0 Å². The van der Waals surface area contributed by atoms with E-state index in [0.717, 1.165) is 12.8 Å². The average Bonchev–Trinajstić information content (AvgIpc) is 2.35. The molecular weight excluding hydrogens is 288 g/mol. The summed E-state index contributed by atoms with van der Waals surface area (Å²) < 4.78 is 0. The van der Waals surface area contributed by atoms with Crippen LogP contribution in [0.2, 0.25) is 0 Å². The lowest BCUT2D eigenvalue weighted by molar-refractivity contribution is -0.126. The van der Waals surface area contributed by atoms with E-state index in [2.05, 4.69) is 36.7 Å². The molecule has 1 rings (SSSR count). The minimum Gasteiger partial charge on any atom is -0.298 e. The first-order valence-corrected chi connectivity index (χ1v) is 8.61. The summed E-state index contributed by atoms with van der Waals surface area (Å²) >= 11 is 3.35. The van der Waals surface area contributed by atoms with Crippen LogP contribution in [0.4, 0.5) is 0 Å². The third kappa shape index (κ3) is 5.03. The first-order chi connectivity index (χ1) is 8.40. The highest BCUT2D eigenvalue weighted by Crippen LogP contribution is 2.37. The van der Waals surface area contributed by atoms with Gasteiger partial charge >= 0.3 is 0 Å². The zero-order valence-corrected chi connectivity index (χ0v) is 13.9. The van der Waals surface area contributed by atoms with Crippen LogP contribution in [0.3, 0.4) is 0 Å². The molecule has 1 saturated carbocycles. The Morgan fingerprint density at radius 2 is 1.33 bits per heavy atom. The van der Waals surface area contributed by atoms with E-state index < -0.39 is 0 Å². The molecule has 0 amide bonds. The molecule has 0 heterocycles. The Bertz CT molecular complexity index is 272. The quantitative estimate of drug-likeness (QED) is 0.614. The van der Waals surface area contributed by atoms with Gasteiger partial charge in [0, 0.05) is 5.41 Å². The Morgan fingerprint density at radius 1 is 0.889 bits per heavy atom. The largest absolute Gasteiger partial charge is 0.298 e. The lowest BCUT2D eigenvalue weighted by atomic mass is 9.77. The summed E-state index contributed by atoms with van der Waals surface area (Å²) in [6.07, 6.45) is 11.1. The van der Waals surface area contributed by atoms with Crippen molar-refractivity contribution >= 4 is 21.7 Å². The summed E-state index contributed by atoms with van der Waals surface area (Å²) in [5.41, 5.74) is 0.429. The lowest BCUT2D eigenvalue weighted by Crippen LogP contribution is -2.29. The highest BCUT2D eigenvalue weighted by molar-refractivity contribution is 9.09. The van der Waals surface area contributed by atoms with Crippen molar-refractivity contribution in [2.24, 2.45) is 10.8 Å². The van der Waals surface area contributed by atoms with Crippen molar-refractivity contribution in [2.45, 2.75) is 78.6 Å². The van der Waals surface area contributed by atoms with Crippen LogP contribution < -0.4 is 0 Å². The normalized spacial score (nSPS) is 30.4. The van der Waals surface area contributed by atoms with Gasteiger partial charge in [0.1, 0.15) is 5.78 Å². The number of hydrogen-bond acceptors (Lipinski definition) is 1. The average molecular weight is 317 g/mol. The van der Waals surface area contributed by atoms with Gasteiger partial charge in [-0.05, 0) is 31.1 Å². The van der Waals surface area contributed by atoms with E-state index in [1.54, 1.807) is 0 Å². The molecule has 0 N–H and O–H groups in total. The smallest absolute Gasteiger partial charge is 0.149 e. The second-order valence-electron chi connectivity index (χ2n) is 7.05. The molecule has 1 nitrogen and oxygen atoms in total. The van der Waals surface area contributed by atoms with Gasteiger partial charge in [0.2, 0.25) is 0 Å².